The Labute approximate surface area is 157 Å². The largest absolute Gasteiger partial charge is 0.450 e. The summed E-state index contributed by atoms with van der Waals surface area (Å²) >= 11 is 6.04. The van der Waals surface area contributed by atoms with Crippen molar-refractivity contribution in [3.63, 3.8) is 0 Å². The second-order valence-corrected chi connectivity index (χ2v) is 6.84. The molecule has 1 saturated heterocycles. The number of hydrogen-bond donors (Lipinski definition) is 1. The van der Waals surface area contributed by atoms with Crippen LogP contribution in [0.15, 0.2) is 24.3 Å². The predicted octanol–water partition coefficient (Wildman–Crippen LogP) is 2.22. The summed E-state index contributed by atoms with van der Waals surface area (Å²) in [5.41, 5.74) is 0.556. The number of amides is 3. The molecule has 1 saturated carbocycles. The Morgan fingerprint density at radius 2 is 1.77 bits per heavy atom. The van der Waals surface area contributed by atoms with E-state index >= 15 is 0 Å². The highest BCUT2D eigenvalue weighted by Crippen LogP contribution is 2.41. The molecule has 1 heterocycles. The number of hydrogen-bond acceptors (Lipinski definition) is 4. The van der Waals surface area contributed by atoms with Crippen LogP contribution in [0.5, 0.6) is 0 Å². The van der Waals surface area contributed by atoms with Gasteiger partial charge in [0.25, 0.3) is 0 Å². The highest BCUT2D eigenvalue weighted by atomic mass is 35.5. The van der Waals surface area contributed by atoms with Crippen molar-refractivity contribution < 1.29 is 19.1 Å². The first-order valence-corrected chi connectivity index (χ1v) is 9.15. The van der Waals surface area contributed by atoms with Gasteiger partial charge in [0.1, 0.15) is 0 Å². The van der Waals surface area contributed by atoms with Crippen LogP contribution in [-0.2, 0) is 14.3 Å². The predicted molar refractivity (Wildman–Crippen MR) is 96.9 cm³/mol. The molecule has 1 aliphatic carbocycles. The number of para-hydroxylation sites is 1. The lowest BCUT2D eigenvalue weighted by Gasteiger charge is -2.34. The van der Waals surface area contributed by atoms with E-state index in [-0.39, 0.29) is 29.7 Å². The van der Waals surface area contributed by atoms with Crippen LogP contribution in [0.3, 0.4) is 0 Å². The fourth-order valence-corrected chi connectivity index (χ4v) is 3.29. The molecular formula is C18H22ClN3O4. The maximum Gasteiger partial charge on any atom is 0.409 e. The third-order valence-electron chi connectivity index (χ3n) is 4.69. The lowest BCUT2D eigenvalue weighted by atomic mass is 10.2. The molecule has 140 valence electrons. The van der Waals surface area contributed by atoms with E-state index < -0.39 is 0 Å². The monoisotopic (exact) mass is 379 g/mol. The molecule has 2 atom stereocenters. The molecule has 0 bridgehead atoms. The zero-order valence-corrected chi connectivity index (χ0v) is 15.4. The number of halogens is 1. The maximum absolute atomic E-state index is 12.6. The van der Waals surface area contributed by atoms with E-state index in [9.17, 15) is 14.4 Å². The fourth-order valence-electron chi connectivity index (χ4n) is 3.10. The van der Waals surface area contributed by atoms with E-state index in [0.717, 1.165) is 0 Å². The molecule has 3 amide bonds. The van der Waals surface area contributed by atoms with Gasteiger partial charge in [-0.25, -0.2) is 4.79 Å². The number of nitrogens with zero attached hydrogens (tertiary/aromatic N) is 2. The molecule has 0 radical (unpaired) electrons. The van der Waals surface area contributed by atoms with Crippen molar-refractivity contribution in [1.29, 1.82) is 0 Å². The molecule has 0 spiro atoms. The Bertz CT molecular complexity index is 703. The summed E-state index contributed by atoms with van der Waals surface area (Å²) in [6.45, 7) is 3.93. The standard InChI is InChI=1S/C18H22ClN3O4/c1-2-26-18(25)22-9-7-21(8-10-22)17(24)13-11-12(13)16(23)20-15-6-4-3-5-14(15)19/h3-6,12-13H,2,7-11H2,1H3,(H,20,23). The SMILES string of the molecule is CCOC(=O)N1CCN(C(=O)C2CC2C(=O)Nc2ccccc2Cl)CC1. The van der Waals surface area contributed by atoms with Gasteiger partial charge >= 0.3 is 6.09 Å². The molecule has 2 unspecified atom stereocenters. The topological polar surface area (TPSA) is 79.0 Å². The van der Waals surface area contributed by atoms with E-state index in [4.69, 9.17) is 16.3 Å². The Hall–Kier alpha value is -2.28. The lowest BCUT2D eigenvalue weighted by molar-refractivity contribution is -0.135. The number of carbonyl (C=O) groups excluding carboxylic acids is 3. The average Bonchev–Trinajstić information content (AvgIpc) is 3.44. The number of piperazine rings is 1. The summed E-state index contributed by atoms with van der Waals surface area (Å²) in [6.07, 6.45) is 0.204. The molecule has 2 fully saturated rings. The Morgan fingerprint density at radius 1 is 1.12 bits per heavy atom. The molecule has 1 aliphatic heterocycles. The van der Waals surface area contributed by atoms with Gasteiger partial charge in [-0.15, -0.1) is 0 Å². The van der Waals surface area contributed by atoms with Crippen LogP contribution >= 0.6 is 11.6 Å². The van der Waals surface area contributed by atoms with Gasteiger partial charge < -0.3 is 19.9 Å². The Morgan fingerprint density at radius 3 is 2.42 bits per heavy atom. The van der Waals surface area contributed by atoms with Gasteiger partial charge in [0.05, 0.1) is 29.2 Å². The molecule has 3 rings (SSSR count). The van der Waals surface area contributed by atoms with Crippen LogP contribution in [0.4, 0.5) is 10.5 Å². The smallest absolute Gasteiger partial charge is 0.409 e. The van der Waals surface area contributed by atoms with Crippen LogP contribution in [0, 0.1) is 11.8 Å². The van der Waals surface area contributed by atoms with Crippen LogP contribution in [-0.4, -0.2) is 60.5 Å². The zero-order valence-electron chi connectivity index (χ0n) is 14.6. The molecule has 1 N–H and O–H groups in total. The number of carbonyl (C=O) groups is 3. The highest BCUT2D eigenvalue weighted by Gasteiger charge is 2.49. The summed E-state index contributed by atoms with van der Waals surface area (Å²) in [5, 5.41) is 3.26. The number of benzene rings is 1. The van der Waals surface area contributed by atoms with Crippen molar-refractivity contribution in [3.8, 4) is 0 Å². The maximum atomic E-state index is 12.6. The number of nitrogens with one attached hydrogen (secondary N) is 1. The summed E-state index contributed by atoms with van der Waals surface area (Å²) in [6, 6.07) is 7.02. The molecule has 7 nitrogen and oxygen atoms in total. The summed E-state index contributed by atoms with van der Waals surface area (Å²) in [5.74, 6) is -0.803. The molecule has 0 aromatic heterocycles. The molecular weight excluding hydrogens is 358 g/mol. The van der Waals surface area contributed by atoms with Gasteiger partial charge in [-0.2, -0.15) is 0 Å². The minimum atomic E-state index is -0.344. The van der Waals surface area contributed by atoms with Gasteiger partial charge in [-0.3, -0.25) is 9.59 Å². The van der Waals surface area contributed by atoms with E-state index in [1.165, 1.54) is 0 Å². The van der Waals surface area contributed by atoms with Gasteiger partial charge in [0, 0.05) is 26.2 Å². The van der Waals surface area contributed by atoms with E-state index in [1.54, 1.807) is 41.0 Å². The first-order chi connectivity index (χ1) is 12.5. The molecule has 1 aromatic rings. The second kappa shape index (κ2) is 7.95. The van der Waals surface area contributed by atoms with E-state index in [1.807, 2.05) is 0 Å². The molecule has 8 heteroatoms. The second-order valence-electron chi connectivity index (χ2n) is 6.43. The highest BCUT2D eigenvalue weighted by molar-refractivity contribution is 6.33. The fraction of sp³-hybridized carbons (Fsp3) is 0.500. The van der Waals surface area contributed by atoms with Crippen LogP contribution < -0.4 is 5.32 Å². The molecule has 2 aliphatic rings. The number of ether oxygens (including phenoxy) is 1. The third-order valence-corrected chi connectivity index (χ3v) is 5.02. The quantitative estimate of drug-likeness (QED) is 0.869. The summed E-state index contributed by atoms with van der Waals surface area (Å²) < 4.78 is 4.97. The minimum Gasteiger partial charge on any atom is -0.450 e. The van der Waals surface area contributed by atoms with Crippen molar-refractivity contribution in [1.82, 2.24) is 9.80 Å². The first-order valence-electron chi connectivity index (χ1n) is 8.77. The van der Waals surface area contributed by atoms with Crippen LogP contribution in [0.2, 0.25) is 5.02 Å². The lowest BCUT2D eigenvalue weighted by Crippen LogP contribution is -2.51. The van der Waals surface area contributed by atoms with Gasteiger partial charge in [0.15, 0.2) is 0 Å². The van der Waals surface area contributed by atoms with Crippen LogP contribution in [0.1, 0.15) is 13.3 Å². The Balaban J connectivity index is 1.48. The van der Waals surface area contributed by atoms with Crippen LogP contribution in [0.25, 0.3) is 0 Å². The third kappa shape index (κ3) is 4.09. The van der Waals surface area contributed by atoms with Crippen molar-refractivity contribution in [2.75, 3.05) is 38.1 Å². The van der Waals surface area contributed by atoms with Gasteiger partial charge in [-0.05, 0) is 25.5 Å². The van der Waals surface area contributed by atoms with E-state index in [2.05, 4.69) is 5.32 Å². The Kier molecular flexibility index (Phi) is 5.66. The summed E-state index contributed by atoms with van der Waals surface area (Å²) in [4.78, 5) is 39.9. The molecule has 1 aromatic carbocycles. The van der Waals surface area contributed by atoms with E-state index in [0.29, 0.717) is 49.9 Å². The number of rotatable bonds is 4. The van der Waals surface area contributed by atoms with Crippen molar-refractivity contribution in [2.45, 2.75) is 13.3 Å². The first kappa shape index (κ1) is 18.5. The molecule has 26 heavy (non-hydrogen) atoms. The van der Waals surface area contributed by atoms with Gasteiger partial charge in [0.2, 0.25) is 11.8 Å². The van der Waals surface area contributed by atoms with Gasteiger partial charge in [-0.1, -0.05) is 23.7 Å². The average molecular weight is 380 g/mol. The van der Waals surface area contributed by atoms with Crippen molar-refractivity contribution in [2.24, 2.45) is 11.8 Å². The minimum absolute atomic E-state index is 0.0205. The van der Waals surface area contributed by atoms with Crippen molar-refractivity contribution in [3.05, 3.63) is 29.3 Å². The summed E-state index contributed by atoms with van der Waals surface area (Å²) in [7, 11) is 0. The van der Waals surface area contributed by atoms with Crippen molar-refractivity contribution >= 4 is 35.2 Å². The number of anilines is 1. The zero-order chi connectivity index (χ0) is 18.7. The normalized spacial score (nSPS) is 21.9.